The summed E-state index contributed by atoms with van der Waals surface area (Å²) in [5.74, 6) is 0. The molecule has 2 nitrogen and oxygen atoms in total. The minimum Gasteiger partial charge on any atom is -0.299 e. The van der Waals surface area contributed by atoms with Crippen molar-refractivity contribution in [3.05, 3.63) is 11.6 Å². The van der Waals surface area contributed by atoms with E-state index in [9.17, 15) is 0 Å². The van der Waals surface area contributed by atoms with E-state index in [0.717, 1.165) is 0 Å². The van der Waals surface area contributed by atoms with Gasteiger partial charge in [-0.15, -0.1) is 0 Å². The number of hydrogen-bond acceptors (Lipinski definition) is 2. The van der Waals surface area contributed by atoms with E-state index < -0.39 is 0 Å². The molecule has 68 valence electrons. The van der Waals surface area contributed by atoms with Gasteiger partial charge in [0.15, 0.2) is 0 Å². The van der Waals surface area contributed by atoms with Crippen LogP contribution in [0, 0.1) is 0 Å². The lowest BCUT2D eigenvalue weighted by Crippen LogP contribution is -2.27. The topological polar surface area (TPSA) is 15.6 Å². The highest BCUT2D eigenvalue weighted by Crippen LogP contribution is 2.20. The first-order chi connectivity index (χ1) is 5.79. The molecule has 0 aromatic carbocycles. The van der Waals surface area contributed by atoms with Crippen LogP contribution in [-0.4, -0.2) is 37.8 Å². The summed E-state index contributed by atoms with van der Waals surface area (Å²) in [6.07, 6.45) is 6.74. The van der Waals surface area contributed by atoms with Crippen LogP contribution in [-0.2, 0) is 0 Å². The normalized spacial score (nSPS) is 27.2. The van der Waals surface area contributed by atoms with Gasteiger partial charge in [0, 0.05) is 19.3 Å². The van der Waals surface area contributed by atoms with Gasteiger partial charge in [-0.3, -0.25) is 9.89 Å². The fourth-order valence-corrected chi connectivity index (χ4v) is 1.83. The molecule has 0 N–H and O–H groups in total. The molecule has 1 heterocycles. The zero-order valence-electron chi connectivity index (χ0n) is 8.25. The van der Waals surface area contributed by atoms with Crippen molar-refractivity contribution in [1.29, 1.82) is 0 Å². The Labute approximate surface area is 75.0 Å². The second kappa shape index (κ2) is 4.41. The van der Waals surface area contributed by atoms with Crippen LogP contribution in [0.5, 0.6) is 0 Å². The van der Waals surface area contributed by atoms with Crippen molar-refractivity contribution < 1.29 is 0 Å². The molecule has 0 spiro atoms. The highest BCUT2D eigenvalue weighted by atomic mass is 15.1. The van der Waals surface area contributed by atoms with Crippen LogP contribution in [0.3, 0.4) is 0 Å². The molecule has 1 atom stereocenters. The second-order valence-electron chi connectivity index (χ2n) is 3.31. The van der Waals surface area contributed by atoms with E-state index in [2.05, 4.69) is 29.9 Å². The zero-order chi connectivity index (χ0) is 8.97. The molecule has 1 aliphatic rings. The fourth-order valence-electron chi connectivity index (χ4n) is 1.83. The molecular weight excluding hydrogens is 148 g/mol. The predicted molar refractivity (Wildman–Crippen MR) is 53.8 cm³/mol. The van der Waals surface area contributed by atoms with Crippen LogP contribution >= 0.6 is 0 Å². The molecule has 0 radical (unpaired) electrons. The van der Waals surface area contributed by atoms with E-state index >= 15 is 0 Å². The molecule has 0 aliphatic carbocycles. The maximum atomic E-state index is 4.07. The van der Waals surface area contributed by atoms with E-state index in [0.29, 0.717) is 6.04 Å². The average Bonchev–Trinajstić information content (AvgIpc) is 2.47. The number of likely N-dealkylation sites (N-methyl/N-ethyl adjacent to an activating group) is 1. The SMILES string of the molecule is C/C=C(\C=NC)C1CCCN1C. The van der Waals surface area contributed by atoms with Crippen molar-refractivity contribution in [2.45, 2.75) is 25.8 Å². The van der Waals surface area contributed by atoms with Gasteiger partial charge >= 0.3 is 0 Å². The van der Waals surface area contributed by atoms with Gasteiger partial charge in [0.05, 0.1) is 0 Å². The van der Waals surface area contributed by atoms with Crippen molar-refractivity contribution in [1.82, 2.24) is 4.90 Å². The third kappa shape index (κ3) is 1.95. The Kier molecular flexibility index (Phi) is 3.48. The van der Waals surface area contributed by atoms with Crippen molar-refractivity contribution in [2.75, 3.05) is 20.6 Å². The monoisotopic (exact) mass is 166 g/mol. The van der Waals surface area contributed by atoms with Gasteiger partial charge < -0.3 is 0 Å². The minimum atomic E-state index is 0.610. The highest BCUT2D eigenvalue weighted by Gasteiger charge is 2.22. The van der Waals surface area contributed by atoms with Gasteiger partial charge in [0.2, 0.25) is 0 Å². The zero-order valence-corrected chi connectivity index (χ0v) is 8.25. The number of aliphatic imine (C=N–C) groups is 1. The quantitative estimate of drug-likeness (QED) is 0.570. The first kappa shape index (κ1) is 9.46. The number of rotatable bonds is 2. The van der Waals surface area contributed by atoms with E-state index in [-0.39, 0.29) is 0 Å². The van der Waals surface area contributed by atoms with Crippen LogP contribution in [0.2, 0.25) is 0 Å². The summed E-state index contributed by atoms with van der Waals surface area (Å²) >= 11 is 0. The Hall–Kier alpha value is -0.630. The summed E-state index contributed by atoms with van der Waals surface area (Å²) in [4.78, 5) is 6.47. The molecule has 0 saturated carbocycles. The number of likely N-dealkylation sites (tertiary alicyclic amines) is 1. The molecule has 1 aliphatic heterocycles. The molecule has 0 bridgehead atoms. The molecule has 1 unspecified atom stereocenters. The maximum absolute atomic E-state index is 4.07. The van der Waals surface area contributed by atoms with Crippen molar-refractivity contribution in [2.24, 2.45) is 4.99 Å². The van der Waals surface area contributed by atoms with Crippen LogP contribution in [0.15, 0.2) is 16.6 Å². The largest absolute Gasteiger partial charge is 0.299 e. The molecule has 0 aromatic rings. The van der Waals surface area contributed by atoms with Gasteiger partial charge in [0.1, 0.15) is 0 Å². The molecule has 1 saturated heterocycles. The lowest BCUT2D eigenvalue weighted by atomic mass is 10.1. The Bertz CT molecular complexity index is 194. The van der Waals surface area contributed by atoms with Gasteiger partial charge in [-0.2, -0.15) is 0 Å². The van der Waals surface area contributed by atoms with E-state index in [1.807, 2.05) is 13.3 Å². The average molecular weight is 166 g/mol. The third-order valence-corrected chi connectivity index (χ3v) is 2.52. The Morgan fingerprint density at radius 2 is 2.33 bits per heavy atom. The van der Waals surface area contributed by atoms with Gasteiger partial charge in [-0.05, 0) is 38.9 Å². The Balaban J connectivity index is 2.66. The van der Waals surface area contributed by atoms with Crippen LogP contribution in [0.4, 0.5) is 0 Å². The van der Waals surface area contributed by atoms with E-state index in [1.54, 1.807) is 0 Å². The number of nitrogens with zero attached hydrogens (tertiary/aromatic N) is 2. The van der Waals surface area contributed by atoms with Gasteiger partial charge in [-0.25, -0.2) is 0 Å². The standard InChI is InChI=1S/C10H18N2/c1-4-9(8-11-2)10-6-5-7-12(10)3/h4,8,10H,5-7H2,1-3H3/b9-4+,11-8?. The number of hydrogen-bond donors (Lipinski definition) is 0. The lowest BCUT2D eigenvalue weighted by Gasteiger charge is -2.19. The van der Waals surface area contributed by atoms with E-state index in [4.69, 9.17) is 0 Å². The lowest BCUT2D eigenvalue weighted by molar-refractivity contribution is 0.351. The summed E-state index contributed by atoms with van der Waals surface area (Å²) in [6.45, 7) is 3.31. The van der Waals surface area contributed by atoms with Gasteiger partial charge in [-0.1, -0.05) is 6.08 Å². The second-order valence-corrected chi connectivity index (χ2v) is 3.31. The predicted octanol–water partition coefficient (Wildman–Crippen LogP) is 1.73. The Morgan fingerprint density at radius 1 is 1.58 bits per heavy atom. The molecule has 1 rings (SSSR count). The minimum absolute atomic E-state index is 0.610. The number of allylic oxidation sites excluding steroid dienone is 1. The summed E-state index contributed by atoms with van der Waals surface area (Å²) in [5.41, 5.74) is 1.36. The van der Waals surface area contributed by atoms with Crippen LogP contribution in [0.25, 0.3) is 0 Å². The van der Waals surface area contributed by atoms with Crippen molar-refractivity contribution in [3.63, 3.8) is 0 Å². The molecule has 1 fully saturated rings. The first-order valence-corrected chi connectivity index (χ1v) is 4.58. The molecule has 0 amide bonds. The molecular formula is C10H18N2. The smallest absolute Gasteiger partial charge is 0.0357 e. The molecule has 0 aromatic heterocycles. The summed E-state index contributed by atoms with van der Waals surface area (Å²) in [5, 5.41) is 0. The molecule has 2 heteroatoms. The summed E-state index contributed by atoms with van der Waals surface area (Å²) in [7, 11) is 4.02. The summed E-state index contributed by atoms with van der Waals surface area (Å²) in [6, 6.07) is 0.610. The van der Waals surface area contributed by atoms with Crippen LogP contribution in [0.1, 0.15) is 19.8 Å². The third-order valence-electron chi connectivity index (χ3n) is 2.52. The van der Waals surface area contributed by atoms with Crippen molar-refractivity contribution >= 4 is 6.21 Å². The van der Waals surface area contributed by atoms with E-state index in [1.165, 1.54) is 25.0 Å². The highest BCUT2D eigenvalue weighted by molar-refractivity contribution is 5.80. The fraction of sp³-hybridized carbons (Fsp3) is 0.700. The van der Waals surface area contributed by atoms with Crippen LogP contribution < -0.4 is 0 Å². The maximum Gasteiger partial charge on any atom is 0.0357 e. The van der Waals surface area contributed by atoms with Gasteiger partial charge in [0.25, 0.3) is 0 Å². The summed E-state index contributed by atoms with van der Waals surface area (Å²) < 4.78 is 0. The first-order valence-electron chi connectivity index (χ1n) is 4.58. The van der Waals surface area contributed by atoms with Crippen molar-refractivity contribution in [3.8, 4) is 0 Å². The molecule has 12 heavy (non-hydrogen) atoms. The Morgan fingerprint density at radius 3 is 2.75 bits per heavy atom.